The molecule has 39 heavy (non-hydrogen) atoms. The number of benzene rings is 1. The molecule has 1 fully saturated rings. The fourth-order valence-corrected chi connectivity index (χ4v) is 4.44. The van der Waals surface area contributed by atoms with Crippen LogP contribution in [0.2, 0.25) is 0 Å². The van der Waals surface area contributed by atoms with Gasteiger partial charge in [0.05, 0.1) is 5.39 Å². The van der Waals surface area contributed by atoms with Crippen molar-refractivity contribution in [1.29, 1.82) is 0 Å². The number of nitrogens with zero attached hydrogens (tertiary/aromatic N) is 8. The van der Waals surface area contributed by atoms with Gasteiger partial charge < -0.3 is 25.2 Å². The first kappa shape index (κ1) is 26.1. The first-order chi connectivity index (χ1) is 18.6. The minimum absolute atomic E-state index is 0.286. The van der Waals surface area contributed by atoms with Gasteiger partial charge in [0.15, 0.2) is 23.1 Å². The van der Waals surface area contributed by atoms with Gasteiger partial charge in [-0.15, -0.1) is 10.2 Å². The number of aromatic nitrogens is 6. The Morgan fingerprint density at radius 1 is 0.974 bits per heavy atom. The van der Waals surface area contributed by atoms with Gasteiger partial charge in [0.1, 0.15) is 5.60 Å². The van der Waals surface area contributed by atoms with Crippen molar-refractivity contribution in [2.24, 2.45) is 7.05 Å². The predicted molar refractivity (Wildman–Crippen MR) is 151 cm³/mol. The average Bonchev–Trinajstić information content (AvgIpc) is 3.20. The highest BCUT2D eigenvalue weighted by Gasteiger charge is 2.26. The molecule has 4 aromatic rings. The molecule has 0 atom stereocenters. The van der Waals surface area contributed by atoms with E-state index in [1.807, 2.05) is 46.0 Å². The summed E-state index contributed by atoms with van der Waals surface area (Å²) in [4.78, 5) is 25.3. The van der Waals surface area contributed by atoms with E-state index in [1.165, 1.54) is 0 Å². The summed E-state index contributed by atoms with van der Waals surface area (Å²) >= 11 is 0. The molecule has 12 heteroatoms. The number of hydrogen-bond acceptors (Lipinski definition) is 10. The molecular formula is C27H34N10O2. The molecule has 0 radical (unpaired) electrons. The van der Waals surface area contributed by atoms with E-state index < -0.39 is 5.60 Å². The quantitative estimate of drug-likeness (QED) is 0.385. The zero-order chi connectivity index (χ0) is 27.7. The molecule has 0 unspecified atom stereocenters. The zero-order valence-corrected chi connectivity index (χ0v) is 23.2. The van der Waals surface area contributed by atoms with Crippen LogP contribution in [0.4, 0.5) is 33.9 Å². The lowest BCUT2D eigenvalue weighted by Gasteiger charge is -2.35. The van der Waals surface area contributed by atoms with Gasteiger partial charge in [-0.1, -0.05) is 18.2 Å². The van der Waals surface area contributed by atoms with Crippen LogP contribution in [-0.2, 0) is 11.8 Å². The molecule has 0 saturated carbocycles. The molecule has 0 aliphatic carbocycles. The lowest BCUT2D eigenvalue weighted by molar-refractivity contribution is 0.0240. The van der Waals surface area contributed by atoms with Gasteiger partial charge in [-0.25, -0.2) is 14.5 Å². The molecule has 0 bridgehead atoms. The van der Waals surface area contributed by atoms with Crippen molar-refractivity contribution in [2.45, 2.75) is 40.2 Å². The fourth-order valence-electron chi connectivity index (χ4n) is 4.44. The van der Waals surface area contributed by atoms with Gasteiger partial charge in [-0.2, -0.15) is 10.1 Å². The molecule has 204 valence electrons. The summed E-state index contributed by atoms with van der Waals surface area (Å²) in [7, 11) is 1.85. The smallest absolute Gasteiger partial charge is 0.410 e. The van der Waals surface area contributed by atoms with Crippen molar-refractivity contribution >= 4 is 46.2 Å². The van der Waals surface area contributed by atoms with Crippen LogP contribution >= 0.6 is 0 Å². The first-order valence-corrected chi connectivity index (χ1v) is 12.9. The summed E-state index contributed by atoms with van der Waals surface area (Å²) in [6.07, 6.45) is 1.46. The van der Waals surface area contributed by atoms with Gasteiger partial charge in [0.2, 0.25) is 5.95 Å². The summed E-state index contributed by atoms with van der Waals surface area (Å²) in [5.74, 6) is 2.38. The van der Waals surface area contributed by atoms with E-state index in [2.05, 4.69) is 66.8 Å². The highest BCUT2D eigenvalue weighted by atomic mass is 16.6. The number of ether oxygens (including phenoxy) is 1. The number of piperazine rings is 1. The first-order valence-electron chi connectivity index (χ1n) is 12.9. The number of rotatable bonds is 5. The number of nitrogens with one attached hydrogen (secondary N) is 2. The fraction of sp³-hybridized carbons (Fsp3) is 0.407. The Morgan fingerprint density at radius 3 is 2.33 bits per heavy atom. The molecule has 1 aliphatic heterocycles. The molecule has 1 saturated heterocycles. The van der Waals surface area contributed by atoms with Crippen LogP contribution in [0.15, 0.2) is 36.5 Å². The third-order valence-electron chi connectivity index (χ3n) is 6.45. The van der Waals surface area contributed by atoms with Crippen molar-refractivity contribution in [3.63, 3.8) is 0 Å². The van der Waals surface area contributed by atoms with Gasteiger partial charge in [0, 0.05) is 45.1 Å². The Balaban J connectivity index is 1.23. The number of anilines is 5. The Hall–Kier alpha value is -4.48. The molecule has 5 rings (SSSR count). The van der Waals surface area contributed by atoms with Gasteiger partial charge in [0.25, 0.3) is 0 Å². The summed E-state index contributed by atoms with van der Waals surface area (Å²) < 4.78 is 7.20. The maximum atomic E-state index is 12.3. The minimum Gasteiger partial charge on any atom is -0.444 e. The molecule has 2 N–H and O–H groups in total. The molecular weight excluding hydrogens is 496 g/mol. The lowest BCUT2D eigenvalue weighted by Crippen LogP contribution is -2.50. The van der Waals surface area contributed by atoms with E-state index in [1.54, 1.807) is 15.8 Å². The zero-order valence-electron chi connectivity index (χ0n) is 23.2. The number of para-hydroxylation sites is 1. The van der Waals surface area contributed by atoms with Crippen LogP contribution in [0.5, 0.6) is 0 Å². The van der Waals surface area contributed by atoms with Crippen molar-refractivity contribution in [3.05, 3.63) is 47.7 Å². The van der Waals surface area contributed by atoms with Crippen LogP contribution in [0.1, 0.15) is 31.9 Å². The van der Waals surface area contributed by atoms with Crippen LogP contribution in [0, 0.1) is 13.8 Å². The van der Waals surface area contributed by atoms with Crippen LogP contribution < -0.4 is 15.5 Å². The molecule has 1 aromatic carbocycles. The van der Waals surface area contributed by atoms with Crippen molar-refractivity contribution in [3.8, 4) is 0 Å². The normalized spacial score (nSPS) is 14.0. The van der Waals surface area contributed by atoms with E-state index in [9.17, 15) is 4.79 Å². The number of hydrogen-bond donors (Lipinski definition) is 2. The van der Waals surface area contributed by atoms with Gasteiger partial charge >= 0.3 is 6.09 Å². The predicted octanol–water partition coefficient (Wildman–Crippen LogP) is 4.31. The Bertz CT molecular complexity index is 1460. The third kappa shape index (κ3) is 5.84. The topological polar surface area (TPSA) is 126 Å². The van der Waals surface area contributed by atoms with Gasteiger partial charge in [-0.05, 0) is 57.9 Å². The average molecular weight is 531 g/mol. The van der Waals surface area contributed by atoms with E-state index in [-0.39, 0.29) is 6.09 Å². The Labute approximate surface area is 227 Å². The monoisotopic (exact) mass is 530 g/mol. The Morgan fingerprint density at radius 2 is 1.69 bits per heavy atom. The SMILES string of the molecule is Cc1cccc(C)c1Nc1nn(C)c2nc(Nc3ccc(N4CCN(C(=O)OC(C)(C)C)CC4)nn3)ncc12. The van der Waals surface area contributed by atoms with E-state index in [0.717, 1.165) is 28.0 Å². The standard InChI is InChI=1S/C27H34N10O2/c1-17-8-7-9-18(2)22(17)30-23-19-16-28-25(31-24(19)35(6)34-23)29-20-10-11-21(33-32-20)36-12-14-37(15-13-36)26(38)39-27(3,4)5/h7-11,16H,12-15H2,1-6H3,(H,30,34)(H,28,29,31,32). The number of carbonyl (C=O) groups excluding carboxylic acids is 1. The van der Waals surface area contributed by atoms with E-state index in [4.69, 9.17) is 4.74 Å². The molecule has 12 nitrogen and oxygen atoms in total. The van der Waals surface area contributed by atoms with Crippen LogP contribution in [0.25, 0.3) is 11.0 Å². The van der Waals surface area contributed by atoms with Crippen molar-refractivity contribution < 1.29 is 9.53 Å². The highest BCUT2D eigenvalue weighted by Crippen LogP contribution is 2.28. The summed E-state index contributed by atoms with van der Waals surface area (Å²) in [6, 6.07) is 9.90. The van der Waals surface area contributed by atoms with Crippen LogP contribution in [-0.4, -0.2) is 72.7 Å². The summed E-state index contributed by atoms with van der Waals surface area (Å²) in [5, 5.41) is 20.7. The second-order valence-corrected chi connectivity index (χ2v) is 10.7. The van der Waals surface area contributed by atoms with Crippen molar-refractivity contribution in [1.82, 2.24) is 34.8 Å². The summed E-state index contributed by atoms with van der Waals surface area (Å²) in [5.41, 5.74) is 3.49. The van der Waals surface area contributed by atoms with E-state index >= 15 is 0 Å². The number of amides is 1. The maximum Gasteiger partial charge on any atom is 0.410 e. The molecule has 1 amide bonds. The Kier molecular flexibility index (Phi) is 6.94. The van der Waals surface area contributed by atoms with Crippen LogP contribution in [0.3, 0.4) is 0 Å². The highest BCUT2D eigenvalue weighted by molar-refractivity contribution is 5.90. The lowest BCUT2D eigenvalue weighted by atomic mass is 10.1. The number of carbonyl (C=O) groups is 1. The molecule has 4 heterocycles. The molecule has 3 aromatic heterocycles. The third-order valence-corrected chi connectivity index (χ3v) is 6.45. The van der Waals surface area contributed by atoms with Gasteiger partial charge in [-0.3, -0.25) is 0 Å². The summed E-state index contributed by atoms with van der Waals surface area (Å²) in [6.45, 7) is 12.2. The van der Waals surface area contributed by atoms with Crippen molar-refractivity contribution in [2.75, 3.05) is 41.7 Å². The molecule has 1 aliphatic rings. The molecule has 0 spiro atoms. The largest absolute Gasteiger partial charge is 0.444 e. The second-order valence-electron chi connectivity index (χ2n) is 10.7. The number of fused-ring (bicyclic) bond motifs is 1. The van der Waals surface area contributed by atoms with E-state index in [0.29, 0.717) is 49.4 Å². The second kappa shape index (κ2) is 10.4. The maximum absolute atomic E-state index is 12.3. The number of aryl methyl sites for hydroxylation is 3. The minimum atomic E-state index is -0.507.